The normalized spacial score (nSPS) is 11.7. The fourth-order valence-electron chi connectivity index (χ4n) is 2.71. The Morgan fingerprint density at radius 1 is 1.22 bits per heavy atom. The highest BCUT2D eigenvalue weighted by atomic mass is 79.9. The number of hydrogen-bond donors (Lipinski definition) is 0. The highest BCUT2D eigenvalue weighted by Gasteiger charge is 2.18. The zero-order valence-electron chi connectivity index (χ0n) is 15.4. The van der Waals surface area contributed by atoms with Gasteiger partial charge in [0, 0.05) is 28.5 Å². The first-order valence-electron chi connectivity index (χ1n) is 8.92. The summed E-state index contributed by atoms with van der Waals surface area (Å²) in [4.78, 5) is 22.8. The van der Waals surface area contributed by atoms with Gasteiger partial charge >= 0.3 is 0 Å². The van der Waals surface area contributed by atoms with Gasteiger partial charge in [0.2, 0.25) is 0 Å². The summed E-state index contributed by atoms with van der Waals surface area (Å²) in [6, 6.07) is 9.99. The van der Waals surface area contributed by atoms with Crippen LogP contribution in [0.5, 0.6) is 0 Å². The Kier molecular flexibility index (Phi) is 7.18. The number of rotatable bonds is 8. The summed E-state index contributed by atoms with van der Waals surface area (Å²) in [6.45, 7) is 7.66. The molecule has 2 heterocycles. The Bertz CT molecular complexity index is 917. The first kappa shape index (κ1) is 20.2. The maximum atomic E-state index is 13.0. The maximum absolute atomic E-state index is 13.0. The lowest BCUT2D eigenvalue weighted by molar-refractivity contribution is -0.114. The van der Waals surface area contributed by atoms with Gasteiger partial charge in [0.1, 0.15) is 0 Å². The minimum absolute atomic E-state index is 0.0336. The zero-order valence-corrected chi connectivity index (χ0v) is 18.6. The van der Waals surface area contributed by atoms with Gasteiger partial charge in [-0.3, -0.25) is 9.69 Å². The van der Waals surface area contributed by atoms with Crippen LogP contribution in [0.15, 0.2) is 46.3 Å². The van der Waals surface area contributed by atoms with Gasteiger partial charge in [-0.2, -0.15) is 0 Å². The second kappa shape index (κ2) is 9.59. The Morgan fingerprint density at radius 2 is 2.04 bits per heavy atom. The second-order valence-electron chi connectivity index (χ2n) is 5.97. The Balaban J connectivity index is 1.86. The van der Waals surface area contributed by atoms with Crippen LogP contribution in [0.1, 0.15) is 18.7 Å². The SMILES string of the molecule is CCN(CC)CCN(C(=O)C=Cc1cccs1)c1nc2ccc(Br)cc2s1. The van der Waals surface area contributed by atoms with Crippen molar-refractivity contribution in [2.45, 2.75) is 13.8 Å². The number of amides is 1. The van der Waals surface area contributed by atoms with Gasteiger partial charge in [0.25, 0.3) is 5.91 Å². The van der Waals surface area contributed by atoms with Crippen LogP contribution in [-0.2, 0) is 4.79 Å². The number of thiazole rings is 1. The second-order valence-corrected chi connectivity index (χ2v) is 8.88. The molecule has 0 radical (unpaired) electrons. The largest absolute Gasteiger partial charge is 0.302 e. The average molecular weight is 464 g/mol. The van der Waals surface area contributed by atoms with Gasteiger partial charge in [0.15, 0.2) is 5.13 Å². The molecule has 3 aromatic rings. The number of carbonyl (C=O) groups is 1. The van der Waals surface area contributed by atoms with Gasteiger partial charge in [-0.1, -0.05) is 47.2 Å². The number of nitrogens with zero attached hydrogens (tertiary/aromatic N) is 3. The minimum Gasteiger partial charge on any atom is -0.302 e. The average Bonchev–Trinajstić information content (AvgIpc) is 3.32. The van der Waals surface area contributed by atoms with Crippen LogP contribution in [0.2, 0.25) is 0 Å². The third-order valence-corrected chi connectivity index (χ3v) is 6.68. The molecule has 27 heavy (non-hydrogen) atoms. The van der Waals surface area contributed by atoms with Gasteiger partial charge in [-0.25, -0.2) is 4.98 Å². The summed E-state index contributed by atoms with van der Waals surface area (Å²) in [5, 5.41) is 2.75. The first-order valence-corrected chi connectivity index (χ1v) is 11.4. The topological polar surface area (TPSA) is 36.4 Å². The number of anilines is 1. The molecule has 142 valence electrons. The summed E-state index contributed by atoms with van der Waals surface area (Å²) in [6.07, 6.45) is 3.53. The Morgan fingerprint density at radius 3 is 2.74 bits per heavy atom. The zero-order chi connectivity index (χ0) is 19.2. The van der Waals surface area contributed by atoms with Crippen molar-refractivity contribution >= 4 is 65.9 Å². The van der Waals surface area contributed by atoms with Gasteiger partial charge in [-0.15, -0.1) is 11.3 Å². The van der Waals surface area contributed by atoms with Crippen molar-refractivity contribution in [2.24, 2.45) is 0 Å². The molecule has 0 aliphatic carbocycles. The fourth-order valence-corrected chi connectivity index (χ4v) is 4.88. The fraction of sp³-hybridized carbons (Fsp3) is 0.300. The third kappa shape index (κ3) is 5.25. The van der Waals surface area contributed by atoms with Crippen LogP contribution in [0.3, 0.4) is 0 Å². The standard InChI is InChI=1S/C20H22BrN3OS2/c1-3-23(4-2)11-12-24(19(25)10-8-16-6-5-13-26-16)20-22-17-9-7-15(21)14-18(17)27-20/h5-10,13-14H,3-4,11-12H2,1-2H3. The quantitative estimate of drug-likeness (QED) is 0.413. The van der Waals surface area contributed by atoms with Crippen molar-refractivity contribution in [1.29, 1.82) is 0 Å². The van der Waals surface area contributed by atoms with Crippen LogP contribution in [-0.4, -0.2) is 42.0 Å². The number of aromatic nitrogens is 1. The third-order valence-electron chi connectivity index (χ3n) is 4.30. The summed E-state index contributed by atoms with van der Waals surface area (Å²) in [5.41, 5.74) is 0.918. The van der Waals surface area contributed by atoms with Crippen LogP contribution in [0.4, 0.5) is 5.13 Å². The summed E-state index contributed by atoms with van der Waals surface area (Å²) in [5.74, 6) is -0.0336. The van der Waals surface area contributed by atoms with E-state index in [0.29, 0.717) is 6.54 Å². The molecule has 0 saturated heterocycles. The molecule has 3 rings (SSSR count). The van der Waals surface area contributed by atoms with Crippen LogP contribution >= 0.6 is 38.6 Å². The number of carbonyl (C=O) groups excluding carboxylic acids is 1. The molecule has 1 amide bonds. The van der Waals surface area contributed by atoms with E-state index in [9.17, 15) is 4.79 Å². The molecule has 0 saturated carbocycles. The first-order chi connectivity index (χ1) is 13.1. The van der Waals surface area contributed by atoms with Crippen molar-refractivity contribution in [3.8, 4) is 0 Å². The molecule has 0 fully saturated rings. The van der Waals surface area contributed by atoms with E-state index in [1.54, 1.807) is 33.6 Å². The molecule has 0 aliphatic heterocycles. The number of likely N-dealkylation sites (N-methyl/N-ethyl adjacent to an activating group) is 1. The molecule has 0 bridgehead atoms. The van der Waals surface area contributed by atoms with E-state index in [4.69, 9.17) is 4.98 Å². The monoisotopic (exact) mass is 463 g/mol. The van der Waals surface area contributed by atoms with Gasteiger partial charge in [-0.05, 0) is 48.8 Å². The number of thiophene rings is 1. The Hall–Kier alpha value is -1.54. The molecule has 2 aromatic heterocycles. The molecule has 1 aromatic carbocycles. The van der Waals surface area contributed by atoms with E-state index in [1.165, 1.54) is 0 Å². The maximum Gasteiger partial charge on any atom is 0.252 e. The molecular formula is C20H22BrN3OS2. The number of halogens is 1. The highest BCUT2D eigenvalue weighted by molar-refractivity contribution is 9.10. The predicted octanol–water partition coefficient (Wildman–Crippen LogP) is 5.51. The summed E-state index contributed by atoms with van der Waals surface area (Å²) < 4.78 is 2.09. The van der Waals surface area contributed by atoms with E-state index < -0.39 is 0 Å². The molecule has 4 nitrogen and oxygen atoms in total. The lowest BCUT2D eigenvalue weighted by atomic mass is 10.3. The minimum atomic E-state index is -0.0336. The lowest BCUT2D eigenvalue weighted by Crippen LogP contribution is -2.38. The number of benzene rings is 1. The highest BCUT2D eigenvalue weighted by Crippen LogP contribution is 2.31. The molecular weight excluding hydrogens is 442 g/mol. The van der Waals surface area contributed by atoms with E-state index in [1.807, 2.05) is 41.8 Å². The van der Waals surface area contributed by atoms with E-state index in [0.717, 1.165) is 44.3 Å². The molecule has 7 heteroatoms. The lowest BCUT2D eigenvalue weighted by Gasteiger charge is -2.23. The van der Waals surface area contributed by atoms with E-state index >= 15 is 0 Å². The molecule has 0 atom stereocenters. The van der Waals surface area contributed by atoms with Crippen molar-refractivity contribution in [3.63, 3.8) is 0 Å². The van der Waals surface area contributed by atoms with Crippen LogP contribution < -0.4 is 4.90 Å². The van der Waals surface area contributed by atoms with Crippen LogP contribution in [0.25, 0.3) is 16.3 Å². The molecule has 0 spiro atoms. The molecule has 0 aliphatic rings. The predicted molar refractivity (Wildman–Crippen MR) is 121 cm³/mol. The van der Waals surface area contributed by atoms with Gasteiger partial charge in [0.05, 0.1) is 10.2 Å². The summed E-state index contributed by atoms with van der Waals surface area (Å²) in [7, 11) is 0. The Labute approximate surface area is 176 Å². The summed E-state index contributed by atoms with van der Waals surface area (Å²) >= 11 is 6.68. The van der Waals surface area contributed by atoms with Crippen molar-refractivity contribution in [3.05, 3.63) is 51.1 Å². The molecule has 0 N–H and O–H groups in total. The van der Waals surface area contributed by atoms with Crippen LogP contribution in [0, 0.1) is 0 Å². The van der Waals surface area contributed by atoms with Crippen molar-refractivity contribution < 1.29 is 4.79 Å². The number of fused-ring (bicyclic) bond motifs is 1. The number of hydrogen-bond acceptors (Lipinski definition) is 5. The van der Waals surface area contributed by atoms with Crippen molar-refractivity contribution in [1.82, 2.24) is 9.88 Å². The van der Waals surface area contributed by atoms with E-state index in [-0.39, 0.29) is 5.91 Å². The van der Waals surface area contributed by atoms with Gasteiger partial charge < -0.3 is 4.90 Å². The van der Waals surface area contributed by atoms with Crippen molar-refractivity contribution in [2.75, 3.05) is 31.1 Å². The van der Waals surface area contributed by atoms with E-state index in [2.05, 4.69) is 34.7 Å². The smallest absolute Gasteiger partial charge is 0.252 e. The molecule has 0 unspecified atom stereocenters.